The van der Waals surface area contributed by atoms with Crippen LogP contribution in [-0.2, 0) is 11.8 Å². The summed E-state index contributed by atoms with van der Waals surface area (Å²) in [5, 5.41) is 0. The van der Waals surface area contributed by atoms with E-state index in [1.165, 1.54) is 5.56 Å². The summed E-state index contributed by atoms with van der Waals surface area (Å²) in [4.78, 5) is 4.42. The molecule has 0 N–H and O–H groups in total. The number of rotatable bonds is 6. The second-order valence-electron chi connectivity index (χ2n) is 6.71. The van der Waals surface area contributed by atoms with E-state index in [0.717, 1.165) is 30.4 Å². The quantitative estimate of drug-likeness (QED) is 0.456. The van der Waals surface area contributed by atoms with E-state index in [1.54, 1.807) is 13.0 Å². The highest BCUT2D eigenvalue weighted by atomic mass is 19.1. The molecule has 2 atom stereocenters. The molecule has 0 saturated carbocycles. The zero-order valence-electron chi connectivity index (χ0n) is 14.8. The standard InChI is InChI=1S/C21H28FN/c1-6-9-11-16-13-14-17-18(15-16)20(4,8-3)21(5,22)23-19(17)12-10-7-2/h7,10,12-15H,2,6,8-9,11H2,1,3-5H3/b12-10-/t20?,21-/m1/s1. The average molecular weight is 313 g/mol. The van der Waals surface area contributed by atoms with Gasteiger partial charge < -0.3 is 0 Å². The number of allylic oxidation sites excluding steroid dienone is 3. The molecule has 1 aliphatic rings. The van der Waals surface area contributed by atoms with Gasteiger partial charge in [-0.15, -0.1) is 0 Å². The highest BCUT2D eigenvalue weighted by Gasteiger charge is 2.49. The fraction of sp³-hybridized carbons (Fsp3) is 0.476. The van der Waals surface area contributed by atoms with Gasteiger partial charge in [-0.2, -0.15) is 0 Å². The number of aryl methyl sites for hydroxylation is 1. The third-order valence-electron chi connectivity index (χ3n) is 5.21. The molecular weight excluding hydrogens is 285 g/mol. The summed E-state index contributed by atoms with van der Waals surface area (Å²) in [5.74, 6) is -1.61. The summed E-state index contributed by atoms with van der Waals surface area (Å²) in [6.07, 6.45) is 9.45. The Morgan fingerprint density at radius 2 is 2.00 bits per heavy atom. The normalized spacial score (nSPS) is 26.9. The van der Waals surface area contributed by atoms with Gasteiger partial charge in [0, 0.05) is 11.0 Å². The van der Waals surface area contributed by atoms with Crippen molar-refractivity contribution in [1.82, 2.24) is 0 Å². The molecule has 124 valence electrons. The first-order valence-electron chi connectivity index (χ1n) is 8.61. The van der Waals surface area contributed by atoms with E-state index >= 15 is 4.39 Å². The lowest BCUT2D eigenvalue weighted by Crippen LogP contribution is -2.46. The second-order valence-corrected chi connectivity index (χ2v) is 6.71. The van der Waals surface area contributed by atoms with Gasteiger partial charge in [-0.25, -0.2) is 9.38 Å². The maximum atomic E-state index is 15.4. The van der Waals surface area contributed by atoms with Crippen molar-refractivity contribution in [1.29, 1.82) is 0 Å². The van der Waals surface area contributed by atoms with Crippen LogP contribution in [0.1, 0.15) is 63.6 Å². The van der Waals surface area contributed by atoms with Crippen LogP contribution in [0.4, 0.5) is 4.39 Å². The van der Waals surface area contributed by atoms with Crippen LogP contribution in [0.25, 0.3) is 0 Å². The lowest BCUT2D eigenvalue weighted by atomic mass is 9.68. The van der Waals surface area contributed by atoms with E-state index in [-0.39, 0.29) is 0 Å². The lowest BCUT2D eigenvalue weighted by Gasteiger charge is -2.43. The van der Waals surface area contributed by atoms with Gasteiger partial charge in [0.15, 0.2) is 0 Å². The summed E-state index contributed by atoms with van der Waals surface area (Å²) in [6.45, 7) is 11.5. The van der Waals surface area contributed by atoms with Crippen molar-refractivity contribution in [3.63, 3.8) is 0 Å². The SMILES string of the molecule is C=C/C=C\C1=N[C@@](C)(F)C(C)(CC)c2cc(CCCC)ccc21. The second kappa shape index (κ2) is 6.82. The molecule has 0 radical (unpaired) electrons. The molecule has 1 aromatic rings. The monoisotopic (exact) mass is 313 g/mol. The number of alkyl halides is 1. The topological polar surface area (TPSA) is 12.4 Å². The molecule has 1 heterocycles. The van der Waals surface area contributed by atoms with Gasteiger partial charge in [0.05, 0.1) is 5.71 Å². The first kappa shape index (κ1) is 17.7. The van der Waals surface area contributed by atoms with Crippen LogP contribution in [0.3, 0.4) is 0 Å². The third-order valence-corrected chi connectivity index (χ3v) is 5.21. The van der Waals surface area contributed by atoms with Crippen LogP contribution in [0, 0.1) is 0 Å². The Morgan fingerprint density at radius 3 is 2.61 bits per heavy atom. The minimum Gasteiger partial charge on any atom is -0.245 e. The Bertz CT molecular complexity index is 639. The van der Waals surface area contributed by atoms with Crippen molar-refractivity contribution in [2.24, 2.45) is 4.99 Å². The van der Waals surface area contributed by atoms with E-state index in [2.05, 4.69) is 36.7 Å². The molecule has 2 heteroatoms. The molecule has 1 aliphatic heterocycles. The van der Waals surface area contributed by atoms with Crippen molar-refractivity contribution in [3.8, 4) is 0 Å². The molecule has 23 heavy (non-hydrogen) atoms. The van der Waals surface area contributed by atoms with E-state index in [9.17, 15) is 0 Å². The van der Waals surface area contributed by atoms with Crippen LogP contribution in [-0.4, -0.2) is 11.5 Å². The van der Waals surface area contributed by atoms with Crippen molar-refractivity contribution in [2.45, 2.75) is 64.6 Å². The van der Waals surface area contributed by atoms with Gasteiger partial charge in [0.2, 0.25) is 5.79 Å². The molecule has 1 nitrogen and oxygen atoms in total. The van der Waals surface area contributed by atoms with Gasteiger partial charge in [0.25, 0.3) is 0 Å². The van der Waals surface area contributed by atoms with Crippen LogP contribution in [0.2, 0.25) is 0 Å². The molecule has 0 spiro atoms. The molecular formula is C21H28FN. The first-order chi connectivity index (χ1) is 10.9. The maximum Gasteiger partial charge on any atom is 0.207 e. The molecule has 1 unspecified atom stereocenters. The van der Waals surface area contributed by atoms with E-state index in [4.69, 9.17) is 0 Å². The zero-order chi connectivity index (χ0) is 17.1. The third kappa shape index (κ3) is 3.17. The molecule has 2 rings (SSSR count). The molecule has 0 amide bonds. The molecule has 0 bridgehead atoms. The van der Waals surface area contributed by atoms with Crippen LogP contribution < -0.4 is 0 Å². The zero-order valence-corrected chi connectivity index (χ0v) is 14.8. The Hall–Kier alpha value is -1.70. The van der Waals surface area contributed by atoms with Crippen LogP contribution >= 0.6 is 0 Å². The number of benzene rings is 1. The number of hydrogen-bond acceptors (Lipinski definition) is 1. The molecule has 1 aromatic carbocycles. The Morgan fingerprint density at radius 1 is 1.26 bits per heavy atom. The van der Waals surface area contributed by atoms with Gasteiger partial charge in [0.1, 0.15) is 0 Å². The lowest BCUT2D eigenvalue weighted by molar-refractivity contribution is 0.0836. The Balaban J connectivity index is 2.61. The van der Waals surface area contributed by atoms with Gasteiger partial charge in [-0.1, -0.05) is 64.1 Å². The van der Waals surface area contributed by atoms with Crippen LogP contribution in [0.15, 0.2) is 48.0 Å². The summed E-state index contributed by atoms with van der Waals surface area (Å²) in [5.41, 5.74) is 3.52. The highest BCUT2D eigenvalue weighted by Crippen LogP contribution is 2.47. The summed E-state index contributed by atoms with van der Waals surface area (Å²) < 4.78 is 15.4. The largest absolute Gasteiger partial charge is 0.245 e. The van der Waals surface area contributed by atoms with Crippen molar-refractivity contribution in [3.05, 3.63) is 59.7 Å². The minimum absolute atomic E-state index is 0.601. The van der Waals surface area contributed by atoms with Crippen molar-refractivity contribution < 1.29 is 4.39 Å². The first-order valence-corrected chi connectivity index (χ1v) is 8.61. The van der Waals surface area contributed by atoms with Crippen LogP contribution in [0.5, 0.6) is 0 Å². The Kier molecular flexibility index (Phi) is 5.23. The van der Waals surface area contributed by atoms with E-state index in [0.29, 0.717) is 12.1 Å². The predicted octanol–water partition coefficient (Wildman–Crippen LogP) is 5.93. The summed E-state index contributed by atoms with van der Waals surface area (Å²) >= 11 is 0. The number of nitrogens with zero attached hydrogens (tertiary/aromatic N) is 1. The van der Waals surface area contributed by atoms with E-state index in [1.807, 2.05) is 26.0 Å². The smallest absolute Gasteiger partial charge is 0.207 e. The molecule has 0 fully saturated rings. The van der Waals surface area contributed by atoms with Gasteiger partial charge in [-0.05, 0) is 43.4 Å². The Labute approximate surface area is 140 Å². The van der Waals surface area contributed by atoms with Crippen molar-refractivity contribution in [2.75, 3.05) is 0 Å². The number of halogens is 1. The molecule has 0 aromatic heterocycles. The van der Waals surface area contributed by atoms with E-state index < -0.39 is 11.2 Å². The molecule has 0 aliphatic carbocycles. The fourth-order valence-electron chi connectivity index (χ4n) is 3.26. The molecule has 0 saturated heterocycles. The predicted molar refractivity (Wildman–Crippen MR) is 98.1 cm³/mol. The summed E-state index contributed by atoms with van der Waals surface area (Å²) in [6, 6.07) is 6.46. The summed E-state index contributed by atoms with van der Waals surface area (Å²) in [7, 11) is 0. The van der Waals surface area contributed by atoms with Crippen molar-refractivity contribution >= 4 is 5.71 Å². The number of fused-ring (bicyclic) bond motifs is 1. The van der Waals surface area contributed by atoms with Gasteiger partial charge in [-0.3, -0.25) is 0 Å². The number of unbranched alkanes of at least 4 members (excludes halogenated alkanes) is 1. The fourth-order valence-corrected chi connectivity index (χ4v) is 3.26. The maximum absolute atomic E-state index is 15.4. The number of hydrogen-bond donors (Lipinski definition) is 0. The van der Waals surface area contributed by atoms with Gasteiger partial charge >= 0.3 is 0 Å². The average Bonchev–Trinajstić information content (AvgIpc) is 2.54. The number of aliphatic imine (C=N–C) groups is 1. The highest BCUT2D eigenvalue weighted by molar-refractivity contribution is 6.11. The minimum atomic E-state index is -1.61.